The van der Waals surface area contributed by atoms with Crippen LogP contribution in [0.25, 0.3) is 0 Å². The first kappa shape index (κ1) is 22.0. The molecule has 0 spiro atoms. The minimum absolute atomic E-state index is 0.222. The molecule has 0 aromatic heterocycles. The summed E-state index contributed by atoms with van der Waals surface area (Å²) < 4.78 is 10.6. The second kappa shape index (κ2) is 10.3. The van der Waals surface area contributed by atoms with Crippen LogP contribution in [0.3, 0.4) is 0 Å². The van der Waals surface area contributed by atoms with E-state index in [1.54, 1.807) is 32.4 Å². The summed E-state index contributed by atoms with van der Waals surface area (Å²) in [5, 5.41) is 7.10. The molecule has 3 rings (SSSR count). The van der Waals surface area contributed by atoms with E-state index >= 15 is 0 Å². The highest BCUT2D eigenvalue weighted by Crippen LogP contribution is 2.28. The predicted molar refractivity (Wildman–Crippen MR) is 121 cm³/mol. The quantitative estimate of drug-likeness (QED) is 0.482. The second-order valence-corrected chi connectivity index (χ2v) is 7.43. The summed E-state index contributed by atoms with van der Waals surface area (Å²) in [6, 6.07) is 19.5. The van der Waals surface area contributed by atoms with E-state index in [2.05, 4.69) is 10.6 Å². The molecule has 2 N–H and O–H groups in total. The maximum atomic E-state index is 13.1. The van der Waals surface area contributed by atoms with E-state index in [0.29, 0.717) is 33.8 Å². The van der Waals surface area contributed by atoms with E-state index in [0.717, 1.165) is 11.1 Å². The van der Waals surface area contributed by atoms with Crippen LogP contribution in [0.5, 0.6) is 11.5 Å². The Bertz CT molecular complexity index is 992. The van der Waals surface area contributed by atoms with Gasteiger partial charge in [-0.1, -0.05) is 59.6 Å². The minimum atomic E-state index is -0.586. The number of hydrogen-bond donors (Lipinski definition) is 2. The minimum Gasteiger partial charge on any atom is -0.493 e. The van der Waals surface area contributed by atoms with Crippen molar-refractivity contribution in [1.82, 2.24) is 5.32 Å². The first-order valence-electron chi connectivity index (χ1n) is 9.26. The van der Waals surface area contributed by atoms with Gasteiger partial charge in [0.15, 0.2) is 11.5 Å². The SMILES string of the molecule is COc1ccc(CNC(C(=O)Nc2cc(Cl)cc(Cl)c2)c2ccccc2)cc1OC. The maximum absolute atomic E-state index is 13.1. The van der Waals surface area contributed by atoms with Crippen LogP contribution in [-0.2, 0) is 11.3 Å². The zero-order valence-electron chi connectivity index (χ0n) is 16.6. The number of carbonyl (C=O) groups is 1. The molecule has 0 aliphatic heterocycles. The Hall–Kier alpha value is -2.73. The van der Waals surface area contributed by atoms with Crippen molar-refractivity contribution < 1.29 is 14.3 Å². The number of rotatable bonds is 8. The van der Waals surface area contributed by atoms with Gasteiger partial charge in [0.2, 0.25) is 5.91 Å². The highest BCUT2D eigenvalue weighted by molar-refractivity contribution is 6.35. The van der Waals surface area contributed by atoms with Crippen molar-refractivity contribution in [3.05, 3.63) is 87.9 Å². The molecule has 0 heterocycles. The van der Waals surface area contributed by atoms with E-state index in [9.17, 15) is 4.79 Å². The van der Waals surface area contributed by atoms with Crippen molar-refractivity contribution in [2.24, 2.45) is 0 Å². The monoisotopic (exact) mass is 444 g/mol. The zero-order chi connectivity index (χ0) is 21.5. The molecule has 0 saturated carbocycles. The molecule has 0 aliphatic carbocycles. The van der Waals surface area contributed by atoms with E-state index in [1.807, 2.05) is 48.5 Å². The molecule has 0 aliphatic rings. The molecular formula is C23H22Cl2N2O3. The molecule has 0 bridgehead atoms. The summed E-state index contributed by atoms with van der Waals surface area (Å²) in [4.78, 5) is 13.1. The summed E-state index contributed by atoms with van der Waals surface area (Å²) in [6.07, 6.45) is 0. The largest absolute Gasteiger partial charge is 0.493 e. The number of ether oxygens (including phenoxy) is 2. The smallest absolute Gasteiger partial charge is 0.246 e. The van der Waals surface area contributed by atoms with Crippen LogP contribution in [0.4, 0.5) is 5.69 Å². The van der Waals surface area contributed by atoms with Crippen LogP contribution in [0.2, 0.25) is 10.0 Å². The van der Waals surface area contributed by atoms with Gasteiger partial charge in [-0.25, -0.2) is 0 Å². The highest BCUT2D eigenvalue weighted by atomic mass is 35.5. The molecule has 0 fully saturated rings. The number of nitrogens with one attached hydrogen (secondary N) is 2. The fraction of sp³-hybridized carbons (Fsp3) is 0.174. The van der Waals surface area contributed by atoms with Crippen LogP contribution in [0.1, 0.15) is 17.2 Å². The maximum Gasteiger partial charge on any atom is 0.246 e. The Labute approximate surface area is 185 Å². The first-order chi connectivity index (χ1) is 14.5. The molecule has 5 nitrogen and oxygen atoms in total. The lowest BCUT2D eigenvalue weighted by Gasteiger charge is -2.20. The van der Waals surface area contributed by atoms with Gasteiger partial charge in [0.25, 0.3) is 0 Å². The number of benzene rings is 3. The third-order valence-corrected chi connectivity index (χ3v) is 4.92. The Morgan fingerprint density at radius 3 is 2.20 bits per heavy atom. The Morgan fingerprint density at radius 1 is 0.900 bits per heavy atom. The van der Waals surface area contributed by atoms with Crippen molar-refractivity contribution >= 4 is 34.8 Å². The lowest BCUT2D eigenvalue weighted by Crippen LogP contribution is -2.32. The number of amides is 1. The number of methoxy groups -OCH3 is 2. The van der Waals surface area contributed by atoms with E-state index in [-0.39, 0.29) is 5.91 Å². The second-order valence-electron chi connectivity index (χ2n) is 6.56. The average molecular weight is 445 g/mol. The van der Waals surface area contributed by atoms with Gasteiger partial charge in [-0.3, -0.25) is 10.1 Å². The third-order valence-electron chi connectivity index (χ3n) is 4.48. The Kier molecular flexibility index (Phi) is 7.57. The van der Waals surface area contributed by atoms with Crippen LogP contribution < -0.4 is 20.1 Å². The number of carbonyl (C=O) groups excluding carboxylic acids is 1. The number of hydrogen-bond acceptors (Lipinski definition) is 4. The number of anilines is 1. The van der Waals surface area contributed by atoms with Crippen molar-refractivity contribution in [2.75, 3.05) is 19.5 Å². The molecule has 1 atom stereocenters. The van der Waals surface area contributed by atoms with Gasteiger partial charge in [-0.05, 0) is 41.5 Å². The summed E-state index contributed by atoms with van der Waals surface area (Å²) in [5.41, 5.74) is 2.32. The molecule has 3 aromatic rings. The van der Waals surface area contributed by atoms with E-state index < -0.39 is 6.04 Å². The fourth-order valence-corrected chi connectivity index (χ4v) is 3.58. The van der Waals surface area contributed by atoms with Gasteiger partial charge in [0, 0.05) is 22.3 Å². The van der Waals surface area contributed by atoms with Crippen molar-refractivity contribution in [2.45, 2.75) is 12.6 Å². The van der Waals surface area contributed by atoms with Crippen LogP contribution in [0.15, 0.2) is 66.7 Å². The van der Waals surface area contributed by atoms with E-state index in [4.69, 9.17) is 32.7 Å². The topological polar surface area (TPSA) is 59.6 Å². The van der Waals surface area contributed by atoms with Crippen LogP contribution in [-0.4, -0.2) is 20.1 Å². The fourth-order valence-electron chi connectivity index (χ4n) is 3.06. The van der Waals surface area contributed by atoms with E-state index in [1.165, 1.54) is 0 Å². The molecule has 1 unspecified atom stereocenters. The average Bonchev–Trinajstić information content (AvgIpc) is 2.73. The Morgan fingerprint density at radius 2 is 1.57 bits per heavy atom. The summed E-state index contributed by atoms with van der Waals surface area (Å²) in [5.74, 6) is 1.06. The van der Waals surface area contributed by atoms with Gasteiger partial charge < -0.3 is 14.8 Å². The lowest BCUT2D eigenvalue weighted by molar-refractivity contribution is -0.118. The summed E-state index contributed by atoms with van der Waals surface area (Å²) in [6.45, 7) is 0.448. The van der Waals surface area contributed by atoms with Crippen LogP contribution in [0, 0.1) is 0 Å². The molecule has 3 aromatic carbocycles. The van der Waals surface area contributed by atoms with Crippen LogP contribution >= 0.6 is 23.2 Å². The molecular weight excluding hydrogens is 423 g/mol. The lowest BCUT2D eigenvalue weighted by atomic mass is 10.1. The predicted octanol–water partition coefficient (Wildman–Crippen LogP) is 5.48. The standard InChI is InChI=1S/C23H22Cl2N2O3/c1-29-20-9-8-15(10-21(20)30-2)14-26-22(16-6-4-3-5-7-16)23(28)27-19-12-17(24)11-18(25)13-19/h3-13,22,26H,14H2,1-2H3,(H,27,28). The zero-order valence-corrected chi connectivity index (χ0v) is 18.1. The van der Waals surface area contributed by atoms with Gasteiger partial charge in [-0.15, -0.1) is 0 Å². The number of halogens is 2. The van der Waals surface area contributed by atoms with Crippen molar-refractivity contribution in [3.63, 3.8) is 0 Å². The van der Waals surface area contributed by atoms with Gasteiger partial charge in [-0.2, -0.15) is 0 Å². The molecule has 0 radical (unpaired) electrons. The van der Waals surface area contributed by atoms with Crippen molar-refractivity contribution in [1.29, 1.82) is 0 Å². The molecule has 1 amide bonds. The summed E-state index contributed by atoms with van der Waals surface area (Å²) in [7, 11) is 3.18. The van der Waals surface area contributed by atoms with Gasteiger partial charge >= 0.3 is 0 Å². The third kappa shape index (κ3) is 5.66. The molecule has 7 heteroatoms. The Balaban J connectivity index is 1.80. The normalized spacial score (nSPS) is 11.6. The van der Waals surface area contributed by atoms with Crippen molar-refractivity contribution in [3.8, 4) is 11.5 Å². The molecule has 30 heavy (non-hydrogen) atoms. The summed E-state index contributed by atoms with van der Waals surface area (Å²) >= 11 is 12.1. The molecule has 156 valence electrons. The van der Waals surface area contributed by atoms with Gasteiger partial charge in [0.1, 0.15) is 6.04 Å². The molecule has 0 saturated heterocycles. The first-order valence-corrected chi connectivity index (χ1v) is 10.0. The highest BCUT2D eigenvalue weighted by Gasteiger charge is 2.21. The van der Waals surface area contributed by atoms with Gasteiger partial charge in [0.05, 0.1) is 14.2 Å².